The van der Waals surface area contributed by atoms with Crippen molar-refractivity contribution in [3.05, 3.63) is 76.1 Å². The maximum atomic E-state index is 12.4. The van der Waals surface area contributed by atoms with E-state index in [4.69, 9.17) is 13.9 Å². The second kappa shape index (κ2) is 7.99. The van der Waals surface area contributed by atoms with Crippen molar-refractivity contribution in [1.29, 1.82) is 0 Å². The van der Waals surface area contributed by atoms with E-state index in [1.54, 1.807) is 0 Å². The molecular weight excluding hydrogens is 390 g/mol. The van der Waals surface area contributed by atoms with Gasteiger partial charge in [-0.05, 0) is 43.0 Å². The Morgan fingerprint density at radius 2 is 1.87 bits per heavy atom. The van der Waals surface area contributed by atoms with Crippen LogP contribution in [0, 0.1) is 6.92 Å². The maximum Gasteiger partial charge on any atom is 0.344 e. The summed E-state index contributed by atoms with van der Waals surface area (Å²) in [6, 6.07) is 17.8. The second-order valence-electron chi connectivity index (χ2n) is 7.97. The summed E-state index contributed by atoms with van der Waals surface area (Å²) in [4.78, 5) is 14.6. The number of aryl methyl sites for hydroxylation is 1. The lowest BCUT2D eigenvalue weighted by Crippen LogP contribution is -2.32. The zero-order valence-electron chi connectivity index (χ0n) is 17.8. The van der Waals surface area contributed by atoms with Crippen LogP contribution in [0.1, 0.15) is 30.9 Å². The first-order valence-electron chi connectivity index (χ1n) is 10.7. The van der Waals surface area contributed by atoms with E-state index in [0.29, 0.717) is 24.2 Å². The van der Waals surface area contributed by atoms with Gasteiger partial charge >= 0.3 is 5.63 Å². The van der Waals surface area contributed by atoms with Gasteiger partial charge in [-0.1, -0.05) is 37.6 Å². The highest BCUT2D eigenvalue weighted by atomic mass is 16.5. The van der Waals surface area contributed by atoms with Crippen LogP contribution in [0.3, 0.4) is 0 Å². The summed E-state index contributed by atoms with van der Waals surface area (Å²) in [5.74, 6) is 1.68. The smallest absolute Gasteiger partial charge is 0.344 e. The number of hydrogen-bond donors (Lipinski definition) is 0. The number of fused-ring (bicyclic) bond motifs is 4. The van der Waals surface area contributed by atoms with Gasteiger partial charge in [0.05, 0.1) is 12.0 Å². The molecule has 1 aromatic heterocycles. The van der Waals surface area contributed by atoms with Crippen LogP contribution in [-0.4, -0.2) is 13.3 Å². The first-order valence-corrected chi connectivity index (χ1v) is 10.7. The van der Waals surface area contributed by atoms with Crippen molar-refractivity contribution >= 4 is 27.4 Å². The molecule has 1 aliphatic heterocycles. The SMILES string of the molecule is CCCCOc1cccc(N2COc3c(cc4c(oc(=O)c5ccccc54)c3C)C2)c1. The van der Waals surface area contributed by atoms with Gasteiger partial charge in [0.25, 0.3) is 0 Å². The molecule has 0 atom stereocenters. The molecule has 0 amide bonds. The van der Waals surface area contributed by atoms with E-state index in [9.17, 15) is 4.79 Å². The number of nitrogens with zero attached hydrogens (tertiary/aromatic N) is 1. The molecule has 31 heavy (non-hydrogen) atoms. The number of anilines is 1. The molecule has 0 bridgehead atoms. The van der Waals surface area contributed by atoms with Crippen molar-refractivity contribution in [3.63, 3.8) is 0 Å². The van der Waals surface area contributed by atoms with Gasteiger partial charge in [0.1, 0.15) is 17.1 Å². The van der Waals surface area contributed by atoms with Gasteiger partial charge < -0.3 is 18.8 Å². The molecule has 0 fully saturated rings. The Hall–Kier alpha value is -3.47. The van der Waals surface area contributed by atoms with Gasteiger partial charge in [0, 0.05) is 34.8 Å². The van der Waals surface area contributed by atoms with Crippen molar-refractivity contribution < 1.29 is 13.9 Å². The number of benzene rings is 3. The molecule has 0 saturated heterocycles. The normalized spacial score (nSPS) is 13.3. The first kappa shape index (κ1) is 19.5. The lowest BCUT2D eigenvalue weighted by Gasteiger charge is -2.32. The van der Waals surface area contributed by atoms with Crippen LogP contribution in [-0.2, 0) is 6.54 Å². The molecule has 5 nitrogen and oxygen atoms in total. The second-order valence-corrected chi connectivity index (χ2v) is 7.97. The third-order valence-corrected chi connectivity index (χ3v) is 5.84. The third kappa shape index (κ3) is 3.50. The highest BCUT2D eigenvalue weighted by molar-refractivity contribution is 6.06. The van der Waals surface area contributed by atoms with Crippen LogP contribution >= 0.6 is 0 Å². The quantitative estimate of drug-likeness (QED) is 0.235. The summed E-state index contributed by atoms with van der Waals surface area (Å²) < 4.78 is 17.7. The van der Waals surface area contributed by atoms with Crippen LogP contribution in [0.2, 0.25) is 0 Å². The molecule has 4 aromatic rings. The average Bonchev–Trinajstić information content (AvgIpc) is 2.80. The van der Waals surface area contributed by atoms with E-state index in [-0.39, 0.29) is 5.63 Å². The molecule has 2 heterocycles. The van der Waals surface area contributed by atoms with Crippen LogP contribution in [0.15, 0.2) is 63.8 Å². The summed E-state index contributed by atoms with van der Waals surface area (Å²) in [5.41, 5.74) is 3.28. The van der Waals surface area contributed by atoms with Crippen molar-refractivity contribution in [2.24, 2.45) is 0 Å². The number of rotatable bonds is 5. The molecule has 3 aromatic carbocycles. The Balaban J connectivity index is 1.53. The van der Waals surface area contributed by atoms with Crippen LogP contribution in [0.5, 0.6) is 11.5 Å². The van der Waals surface area contributed by atoms with E-state index >= 15 is 0 Å². The van der Waals surface area contributed by atoms with Gasteiger partial charge in [0.15, 0.2) is 6.73 Å². The molecule has 5 rings (SSSR count). The standard InChI is InChI=1S/C26H25NO4/c1-3-4-12-29-20-9-7-8-19(14-20)27-15-18-13-23-21-10-5-6-11-22(21)26(28)31-25(23)17(2)24(18)30-16-27/h5-11,13-14H,3-4,12,15-16H2,1-2H3. The molecule has 1 aliphatic rings. The molecule has 0 N–H and O–H groups in total. The van der Waals surface area contributed by atoms with Crippen molar-refractivity contribution in [1.82, 2.24) is 0 Å². The third-order valence-electron chi connectivity index (χ3n) is 5.84. The van der Waals surface area contributed by atoms with E-state index in [0.717, 1.165) is 58.5 Å². The van der Waals surface area contributed by atoms with E-state index in [2.05, 4.69) is 30.0 Å². The van der Waals surface area contributed by atoms with Crippen LogP contribution in [0.4, 0.5) is 5.69 Å². The lowest BCUT2D eigenvalue weighted by molar-refractivity contribution is 0.286. The van der Waals surface area contributed by atoms with Gasteiger partial charge in [-0.3, -0.25) is 0 Å². The monoisotopic (exact) mass is 415 g/mol. The van der Waals surface area contributed by atoms with Gasteiger partial charge in [0.2, 0.25) is 0 Å². The number of hydrogen-bond acceptors (Lipinski definition) is 5. The Labute approximate surface area is 180 Å². The summed E-state index contributed by atoms with van der Waals surface area (Å²) in [7, 11) is 0. The van der Waals surface area contributed by atoms with E-state index < -0.39 is 0 Å². The zero-order valence-corrected chi connectivity index (χ0v) is 17.8. The van der Waals surface area contributed by atoms with Gasteiger partial charge in [-0.15, -0.1) is 0 Å². The minimum atomic E-state index is -0.316. The lowest BCUT2D eigenvalue weighted by atomic mass is 10.00. The Kier molecular flexibility index (Phi) is 5.02. The van der Waals surface area contributed by atoms with E-state index in [1.165, 1.54) is 0 Å². The fraction of sp³-hybridized carbons (Fsp3) is 0.269. The summed E-state index contributed by atoms with van der Waals surface area (Å²) in [6.45, 7) is 5.97. The number of unbranched alkanes of at least 4 members (excludes halogenated alkanes) is 1. The van der Waals surface area contributed by atoms with Crippen molar-refractivity contribution in [2.45, 2.75) is 33.2 Å². The summed E-state index contributed by atoms with van der Waals surface area (Å²) in [6.07, 6.45) is 2.15. The first-order chi connectivity index (χ1) is 15.2. The number of ether oxygens (including phenoxy) is 2. The fourth-order valence-corrected chi connectivity index (χ4v) is 4.21. The highest BCUT2D eigenvalue weighted by Crippen LogP contribution is 2.38. The molecule has 0 unspecified atom stereocenters. The fourth-order valence-electron chi connectivity index (χ4n) is 4.21. The highest BCUT2D eigenvalue weighted by Gasteiger charge is 2.23. The average molecular weight is 415 g/mol. The molecule has 5 heteroatoms. The van der Waals surface area contributed by atoms with Crippen LogP contribution < -0.4 is 20.0 Å². The van der Waals surface area contributed by atoms with Gasteiger partial charge in [-0.25, -0.2) is 4.79 Å². The Bertz CT molecular complexity index is 1320. The van der Waals surface area contributed by atoms with E-state index in [1.807, 2.05) is 43.3 Å². The maximum absolute atomic E-state index is 12.4. The molecule has 0 radical (unpaired) electrons. The Morgan fingerprint density at radius 3 is 2.71 bits per heavy atom. The largest absolute Gasteiger partial charge is 0.494 e. The molecule has 0 saturated carbocycles. The minimum Gasteiger partial charge on any atom is -0.494 e. The minimum absolute atomic E-state index is 0.316. The predicted molar refractivity (Wildman–Crippen MR) is 123 cm³/mol. The predicted octanol–water partition coefficient (Wildman–Crippen LogP) is 5.79. The van der Waals surface area contributed by atoms with Crippen LogP contribution in [0.25, 0.3) is 21.7 Å². The molecule has 0 spiro atoms. The molecule has 0 aliphatic carbocycles. The summed E-state index contributed by atoms with van der Waals surface area (Å²) >= 11 is 0. The molecular formula is C26H25NO4. The molecule has 158 valence electrons. The van der Waals surface area contributed by atoms with Crippen molar-refractivity contribution in [3.8, 4) is 11.5 Å². The zero-order chi connectivity index (χ0) is 21.4. The summed E-state index contributed by atoms with van der Waals surface area (Å²) in [5, 5.41) is 2.44. The van der Waals surface area contributed by atoms with Crippen molar-refractivity contribution in [2.75, 3.05) is 18.2 Å². The Morgan fingerprint density at radius 1 is 1.03 bits per heavy atom. The topological polar surface area (TPSA) is 51.9 Å². The van der Waals surface area contributed by atoms with Gasteiger partial charge in [-0.2, -0.15) is 0 Å².